The van der Waals surface area contributed by atoms with Gasteiger partial charge in [0.05, 0.1) is 0 Å². The van der Waals surface area contributed by atoms with Crippen molar-refractivity contribution in [2.45, 2.75) is 0 Å². The first-order valence-electron chi connectivity index (χ1n) is 8.89. The molecule has 1 N–H and O–H groups in total. The van der Waals surface area contributed by atoms with Crippen molar-refractivity contribution in [2.24, 2.45) is 0 Å². The number of carbonyl (C=O) groups excluding carboxylic acids is 1. The van der Waals surface area contributed by atoms with Gasteiger partial charge in [0.1, 0.15) is 5.82 Å². The van der Waals surface area contributed by atoms with Crippen LogP contribution in [0, 0.1) is 0 Å². The molecule has 3 aromatic rings. The second kappa shape index (κ2) is 7.14. The molecule has 26 heavy (non-hydrogen) atoms. The molecule has 0 radical (unpaired) electrons. The minimum atomic E-state index is -0.113. The molecule has 0 atom stereocenters. The smallest absolute Gasteiger partial charge is 0.255 e. The van der Waals surface area contributed by atoms with Gasteiger partial charge in [-0.2, -0.15) is 0 Å². The fourth-order valence-electron chi connectivity index (χ4n) is 3.24. The molecule has 2 heterocycles. The summed E-state index contributed by atoms with van der Waals surface area (Å²) in [6.45, 7) is 3.88. The number of fused-ring (bicyclic) bond motifs is 1. The fraction of sp³-hybridized carbons (Fsp3) is 0.238. The summed E-state index contributed by atoms with van der Waals surface area (Å²) in [5.74, 6) is 0.752. The van der Waals surface area contributed by atoms with E-state index in [0.29, 0.717) is 5.56 Å². The van der Waals surface area contributed by atoms with E-state index in [-0.39, 0.29) is 5.91 Å². The lowest BCUT2D eigenvalue weighted by Crippen LogP contribution is -2.44. The van der Waals surface area contributed by atoms with Gasteiger partial charge in [-0.1, -0.05) is 30.3 Å². The number of nitrogens with zero attached hydrogens (tertiary/aromatic N) is 3. The maximum atomic E-state index is 12.7. The summed E-state index contributed by atoms with van der Waals surface area (Å²) in [6, 6.07) is 17.7. The van der Waals surface area contributed by atoms with E-state index in [1.165, 1.54) is 0 Å². The Morgan fingerprint density at radius 2 is 1.73 bits per heavy atom. The molecule has 1 aliphatic rings. The zero-order valence-corrected chi connectivity index (χ0v) is 14.9. The molecule has 4 rings (SSSR count). The second-order valence-electron chi connectivity index (χ2n) is 6.71. The highest BCUT2D eigenvalue weighted by Crippen LogP contribution is 2.20. The summed E-state index contributed by atoms with van der Waals surface area (Å²) < 4.78 is 0. The Labute approximate surface area is 153 Å². The highest BCUT2D eigenvalue weighted by molar-refractivity contribution is 6.05. The van der Waals surface area contributed by atoms with Crippen LogP contribution in [-0.2, 0) is 0 Å². The number of hydrogen-bond donors (Lipinski definition) is 1. The van der Waals surface area contributed by atoms with Crippen molar-refractivity contribution in [1.29, 1.82) is 0 Å². The molecule has 5 nitrogen and oxygen atoms in total. The van der Waals surface area contributed by atoms with E-state index < -0.39 is 0 Å². The zero-order valence-electron chi connectivity index (χ0n) is 14.9. The van der Waals surface area contributed by atoms with Gasteiger partial charge in [-0.05, 0) is 42.1 Å². The molecule has 0 saturated carbocycles. The molecule has 0 unspecified atom stereocenters. The molecule has 1 aliphatic heterocycles. The monoisotopic (exact) mass is 346 g/mol. The number of carbonyl (C=O) groups is 1. The number of pyridine rings is 1. The predicted molar refractivity (Wildman–Crippen MR) is 106 cm³/mol. The SMILES string of the molecule is CN1CCN(c2cc(C(=O)Nc3ccc4ccccc4c3)ccn2)CC1. The molecule has 1 fully saturated rings. The van der Waals surface area contributed by atoms with E-state index >= 15 is 0 Å². The summed E-state index contributed by atoms with van der Waals surface area (Å²) >= 11 is 0. The van der Waals surface area contributed by atoms with Crippen molar-refractivity contribution >= 4 is 28.2 Å². The Kier molecular flexibility index (Phi) is 4.54. The summed E-state index contributed by atoms with van der Waals surface area (Å²) in [6.07, 6.45) is 1.71. The Bertz CT molecular complexity index is 932. The largest absolute Gasteiger partial charge is 0.354 e. The maximum Gasteiger partial charge on any atom is 0.255 e. The molecule has 1 aromatic heterocycles. The van der Waals surface area contributed by atoms with Crippen molar-refractivity contribution in [3.8, 4) is 0 Å². The first-order chi connectivity index (χ1) is 12.7. The van der Waals surface area contributed by atoms with Crippen LogP contribution in [-0.4, -0.2) is 49.0 Å². The van der Waals surface area contributed by atoms with Crippen molar-refractivity contribution in [3.05, 3.63) is 66.4 Å². The molecule has 0 spiro atoms. The van der Waals surface area contributed by atoms with Gasteiger partial charge in [-0.3, -0.25) is 4.79 Å². The van der Waals surface area contributed by atoms with Gasteiger partial charge in [0, 0.05) is 43.6 Å². The van der Waals surface area contributed by atoms with Crippen LogP contribution in [0.4, 0.5) is 11.5 Å². The van der Waals surface area contributed by atoms with E-state index in [2.05, 4.69) is 33.2 Å². The van der Waals surface area contributed by atoms with Crippen LogP contribution < -0.4 is 10.2 Å². The summed E-state index contributed by atoms with van der Waals surface area (Å²) in [5, 5.41) is 5.26. The van der Waals surface area contributed by atoms with Gasteiger partial charge in [0.15, 0.2) is 0 Å². The number of nitrogens with one attached hydrogen (secondary N) is 1. The highest BCUT2D eigenvalue weighted by Gasteiger charge is 2.16. The van der Waals surface area contributed by atoms with Crippen LogP contribution in [0.3, 0.4) is 0 Å². The lowest BCUT2D eigenvalue weighted by atomic mass is 10.1. The van der Waals surface area contributed by atoms with Crippen molar-refractivity contribution in [1.82, 2.24) is 9.88 Å². The average molecular weight is 346 g/mol. The summed E-state index contributed by atoms with van der Waals surface area (Å²) in [5.41, 5.74) is 1.42. The second-order valence-corrected chi connectivity index (χ2v) is 6.71. The van der Waals surface area contributed by atoms with Crippen molar-refractivity contribution < 1.29 is 4.79 Å². The Hall–Kier alpha value is -2.92. The average Bonchev–Trinajstić information content (AvgIpc) is 2.68. The van der Waals surface area contributed by atoms with Gasteiger partial charge in [0.25, 0.3) is 5.91 Å². The first kappa shape index (κ1) is 16.5. The quantitative estimate of drug-likeness (QED) is 0.791. The third kappa shape index (κ3) is 3.53. The third-order valence-corrected chi connectivity index (χ3v) is 4.84. The van der Waals surface area contributed by atoms with Gasteiger partial charge in [-0.25, -0.2) is 4.98 Å². The molecule has 132 valence electrons. The van der Waals surface area contributed by atoms with E-state index in [4.69, 9.17) is 0 Å². The lowest BCUT2D eigenvalue weighted by molar-refractivity contribution is 0.102. The van der Waals surface area contributed by atoms with Gasteiger partial charge < -0.3 is 15.1 Å². The Morgan fingerprint density at radius 1 is 0.962 bits per heavy atom. The third-order valence-electron chi connectivity index (χ3n) is 4.84. The predicted octanol–water partition coefficient (Wildman–Crippen LogP) is 3.24. The minimum absolute atomic E-state index is 0.113. The number of amides is 1. The van der Waals surface area contributed by atoms with E-state index in [1.807, 2.05) is 42.5 Å². The normalized spacial score (nSPS) is 15.2. The zero-order chi connectivity index (χ0) is 17.9. The number of hydrogen-bond acceptors (Lipinski definition) is 4. The molecular weight excluding hydrogens is 324 g/mol. The number of likely N-dealkylation sites (N-methyl/N-ethyl adjacent to an activating group) is 1. The number of rotatable bonds is 3. The van der Waals surface area contributed by atoms with Crippen molar-refractivity contribution in [2.75, 3.05) is 43.4 Å². The van der Waals surface area contributed by atoms with Crippen LogP contribution in [0.25, 0.3) is 10.8 Å². The van der Waals surface area contributed by atoms with E-state index in [1.54, 1.807) is 12.3 Å². The van der Waals surface area contributed by atoms with Crippen LogP contribution in [0.2, 0.25) is 0 Å². The maximum absolute atomic E-state index is 12.7. The van der Waals surface area contributed by atoms with Crippen LogP contribution in [0.5, 0.6) is 0 Å². The van der Waals surface area contributed by atoms with Gasteiger partial charge in [-0.15, -0.1) is 0 Å². The van der Waals surface area contributed by atoms with Crippen LogP contribution in [0.1, 0.15) is 10.4 Å². The van der Waals surface area contributed by atoms with Gasteiger partial charge >= 0.3 is 0 Å². The number of benzene rings is 2. The highest BCUT2D eigenvalue weighted by atomic mass is 16.1. The number of anilines is 2. The molecule has 0 bridgehead atoms. The molecule has 1 amide bonds. The first-order valence-corrected chi connectivity index (χ1v) is 8.89. The molecule has 5 heteroatoms. The number of aromatic nitrogens is 1. The van der Waals surface area contributed by atoms with Crippen LogP contribution >= 0.6 is 0 Å². The molecule has 0 aliphatic carbocycles. The van der Waals surface area contributed by atoms with Gasteiger partial charge in [0.2, 0.25) is 0 Å². The summed E-state index contributed by atoms with van der Waals surface area (Å²) in [4.78, 5) is 21.6. The number of piperazine rings is 1. The molecule has 2 aromatic carbocycles. The topological polar surface area (TPSA) is 48.5 Å². The molecule has 1 saturated heterocycles. The molecular formula is C21H22N4O. The van der Waals surface area contributed by atoms with Crippen LogP contribution in [0.15, 0.2) is 60.8 Å². The van der Waals surface area contributed by atoms with E-state index in [0.717, 1.165) is 48.5 Å². The summed E-state index contributed by atoms with van der Waals surface area (Å²) in [7, 11) is 2.12. The van der Waals surface area contributed by atoms with E-state index in [9.17, 15) is 4.79 Å². The van der Waals surface area contributed by atoms with Crippen molar-refractivity contribution in [3.63, 3.8) is 0 Å². The lowest BCUT2D eigenvalue weighted by Gasteiger charge is -2.33. The Balaban J connectivity index is 1.51. The fourth-order valence-corrected chi connectivity index (χ4v) is 3.24. The standard InChI is InChI=1S/C21H22N4O/c1-24-10-12-25(13-11-24)20-15-18(8-9-22-20)21(26)23-19-7-6-16-4-2-3-5-17(16)14-19/h2-9,14-15H,10-13H2,1H3,(H,23,26). The Morgan fingerprint density at radius 3 is 2.54 bits per heavy atom. The minimum Gasteiger partial charge on any atom is -0.354 e.